The summed E-state index contributed by atoms with van der Waals surface area (Å²) in [4.78, 5) is 31.7. The number of ether oxygens (including phenoxy) is 1. The van der Waals surface area contributed by atoms with E-state index in [2.05, 4.69) is 15.0 Å². The molecule has 0 fully saturated rings. The predicted octanol–water partition coefficient (Wildman–Crippen LogP) is 3.97. The van der Waals surface area contributed by atoms with Crippen LogP contribution in [0.4, 0.5) is 14.5 Å². The van der Waals surface area contributed by atoms with E-state index in [4.69, 9.17) is 0 Å². The Morgan fingerprint density at radius 2 is 2.03 bits per heavy atom. The van der Waals surface area contributed by atoms with Gasteiger partial charge in [0.2, 0.25) is 5.91 Å². The third-order valence-corrected chi connectivity index (χ3v) is 6.08. The van der Waals surface area contributed by atoms with E-state index in [0.717, 1.165) is 37.7 Å². The summed E-state index contributed by atoms with van der Waals surface area (Å²) in [6.45, 7) is -3.27. The van der Waals surface area contributed by atoms with E-state index in [1.54, 1.807) is 17.4 Å². The van der Waals surface area contributed by atoms with E-state index in [1.807, 2.05) is 0 Å². The van der Waals surface area contributed by atoms with E-state index >= 15 is 0 Å². The van der Waals surface area contributed by atoms with Crippen molar-refractivity contribution in [2.45, 2.75) is 45.3 Å². The van der Waals surface area contributed by atoms with E-state index in [9.17, 15) is 18.4 Å². The maximum absolute atomic E-state index is 13.0. The number of rotatable bonds is 5. The van der Waals surface area contributed by atoms with Gasteiger partial charge < -0.3 is 10.1 Å². The number of hydrogen-bond donors (Lipinski definition) is 1. The Hall–Kier alpha value is -2.81. The van der Waals surface area contributed by atoms with Gasteiger partial charge in [0.05, 0.1) is 17.4 Å². The summed E-state index contributed by atoms with van der Waals surface area (Å²) in [6.07, 6.45) is 6.45. The molecule has 1 aliphatic carbocycles. The lowest BCUT2D eigenvalue weighted by Crippen LogP contribution is -2.28. The average molecular weight is 419 g/mol. The van der Waals surface area contributed by atoms with Crippen LogP contribution in [0.5, 0.6) is 5.75 Å². The number of amides is 1. The van der Waals surface area contributed by atoms with E-state index in [-0.39, 0.29) is 23.5 Å². The summed E-state index contributed by atoms with van der Waals surface area (Å²) in [6, 6.07) is 5.91. The molecule has 0 radical (unpaired) electrons. The molecule has 3 aromatic rings. The molecule has 0 saturated carbocycles. The van der Waals surface area contributed by atoms with Crippen molar-refractivity contribution in [2.24, 2.45) is 0 Å². The molecule has 0 bridgehead atoms. The molecule has 1 aromatic carbocycles. The van der Waals surface area contributed by atoms with Gasteiger partial charge in [-0.25, -0.2) is 4.98 Å². The normalized spacial score (nSPS) is 13.9. The van der Waals surface area contributed by atoms with E-state index in [1.165, 1.54) is 34.0 Å². The summed E-state index contributed by atoms with van der Waals surface area (Å²) in [7, 11) is 0. The molecule has 2 heterocycles. The van der Waals surface area contributed by atoms with Crippen LogP contribution in [0.25, 0.3) is 10.2 Å². The fraction of sp³-hybridized carbons (Fsp3) is 0.350. The highest BCUT2D eigenvalue weighted by atomic mass is 32.1. The summed E-state index contributed by atoms with van der Waals surface area (Å²) in [5.74, 6) is -0.667. The van der Waals surface area contributed by atoms with Crippen LogP contribution in [0.1, 0.15) is 29.7 Å². The Kier molecular flexibility index (Phi) is 5.57. The molecule has 6 nitrogen and oxygen atoms in total. The Balaban J connectivity index is 1.58. The Morgan fingerprint density at radius 1 is 1.24 bits per heavy atom. The van der Waals surface area contributed by atoms with Gasteiger partial charge in [0.1, 0.15) is 17.1 Å². The van der Waals surface area contributed by atoms with Gasteiger partial charge in [0.15, 0.2) is 0 Å². The number of carbonyl (C=O) groups is 1. The minimum absolute atomic E-state index is 0.115. The number of nitrogens with zero attached hydrogens (tertiary/aromatic N) is 2. The predicted molar refractivity (Wildman–Crippen MR) is 107 cm³/mol. The zero-order chi connectivity index (χ0) is 20.4. The number of halogens is 2. The van der Waals surface area contributed by atoms with Crippen LogP contribution < -0.4 is 15.6 Å². The van der Waals surface area contributed by atoms with Crippen LogP contribution in [-0.4, -0.2) is 22.1 Å². The molecule has 0 saturated heterocycles. The third-order valence-electron chi connectivity index (χ3n) is 4.88. The summed E-state index contributed by atoms with van der Waals surface area (Å²) in [5, 5.41) is 3.12. The summed E-state index contributed by atoms with van der Waals surface area (Å²) in [5.41, 5.74) is 0.927. The van der Waals surface area contributed by atoms with Crippen molar-refractivity contribution in [1.82, 2.24) is 9.55 Å². The molecule has 1 amide bonds. The number of carbonyl (C=O) groups excluding carboxylic acids is 1. The lowest BCUT2D eigenvalue weighted by molar-refractivity contribution is -0.116. The Labute approximate surface area is 169 Å². The molecule has 1 aliphatic rings. The first-order chi connectivity index (χ1) is 14.0. The molecule has 9 heteroatoms. The summed E-state index contributed by atoms with van der Waals surface area (Å²) < 4.78 is 30.7. The number of alkyl halides is 2. The molecule has 0 unspecified atom stereocenters. The maximum Gasteiger partial charge on any atom is 0.387 e. The van der Waals surface area contributed by atoms with Crippen molar-refractivity contribution in [3.63, 3.8) is 0 Å². The maximum atomic E-state index is 13.0. The molecular weight excluding hydrogens is 400 g/mol. The van der Waals surface area contributed by atoms with Crippen molar-refractivity contribution in [3.8, 4) is 5.75 Å². The first-order valence-corrected chi connectivity index (χ1v) is 10.2. The number of thiophene rings is 1. The third kappa shape index (κ3) is 4.14. The van der Waals surface area contributed by atoms with E-state index < -0.39 is 12.5 Å². The number of fused-ring (bicyclic) bond motifs is 3. The molecule has 0 atom stereocenters. The lowest BCUT2D eigenvalue weighted by atomic mass is 10.1. The van der Waals surface area contributed by atoms with Gasteiger partial charge in [-0.05, 0) is 43.4 Å². The van der Waals surface area contributed by atoms with Gasteiger partial charge in [-0.2, -0.15) is 8.78 Å². The monoisotopic (exact) mass is 419 g/mol. The van der Waals surface area contributed by atoms with Gasteiger partial charge in [0, 0.05) is 4.88 Å². The number of benzene rings is 1. The zero-order valence-electron chi connectivity index (χ0n) is 15.5. The van der Waals surface area contributed by atoms with Crippen molar-refractivity contribution < 1.29 is 18.3 Å². The number of aryl methyl sites for hydroxylation is 2. The molecule has 152 valence electrons. The average Bonchev–Trinajstić information content (AvgIpc) is 2.87. The topological polar surface area (TPSA) is 73.2 Å². The first kappa shape index (κ1) is 19.5. The SMILES string of the molecule is O=C(Cn1cnc2sc3c(c2c1=O)CCCCC3)Nc1ccccc1OC(F)F. The van der Waals surface area contributed by atoms with Crippen molar-refractivity contribution in [3.05, 3.63) is 51.4 Å². The Morgan fingerprint density at radius 3 is 2.86 bits per heavy atom. The number of para-hydroxylation sites is 2. The van der Waals surface area contributed by atoms with Crippen LogP contribution in [0.15, 0.2) is 35.4 Å². The smallest absolute Gasteiger partial charge is 0.387 e. The molecule has 29 heavy (non-hydrogen) atoms. The largest absolute Gasteiger partial charge is 0.433 e. The highest BCUT2D eigenvalue weighted by molar-refractivity contribution is 7.18. The number of aromatic nitrogens is 2. The standard InChI is InChI=1S/C20H19F2N3O3S/c21-20(22)28-14-8-5-4-7-13(14)24-16(26)10-25-11-23-18-17(19(25)27)12-6-2-1-3-9-15(12)29-18/h4-5,7-8,11,20H,1-3,6,9-10H2,(H,24,26). The van der Waals surface area contributed by atoms with Crippen LogP contribution >= 0.6 is 11.3 Å². The second-order valence-electron chi connectivity index (χ2n) is 6.85. The molecule has 0 spiro atoms. The minimum Gasteiger partial charge on any atom is -0.433 e. The van der Waals surface area contributed by atoms with Crippen molar-refractivity contribution in [2.75, 3.05) is 5.32 Å². The highest BCUT2D eigenvalue weighted by Gasteiger charge is 2.20. The van der Waals surface area contributed by atoms with Crippen LogP contribution in [0, 0.1) is 0 Å². The minimum atomic E-state index is -3.00. The van der Waals surface area contributed by atoms with Crippen molar-refractivity contribution in [1.29, 1.82) is 0 Å². The second-order valence-corrected chi connectivity index (χ2v) is 7.93. The first-order valence-electron chi connectivity index (χ1n) is 9.36. The lowest BCUT2D eigenvalue weighted by Gasteiger charge is -2.12. The number of anilines is 1. The number of nitrogens with one attached hydrogen (secondary N) is 1. The Bertz CT molecular complexity index is 1110. The molecule has 2 aromatic heterocycles. The highest BCUT2D eigenvalue weighted by Crippen LogP contribution is 2.32. The van der Waals surface area contributed by atoms with Crippen LogP contribution in [-0.2, 0) is 24.2 Å². The van der Waals surface area contributed by atoms with Crippen molar-refractivity contribution >= 4 is 33.1 Å². The van der Waals surface area contributed by atoms with Gasteiger partial charge in [-0.3, -0.25) is 14.2 Å². The fourth-order valence-corrected chi connectivity index (χ4v) is 4.80. The van der Waals surface area contributed by atoms with Gasteiger partial charge in [-0.15, -0.1) is 11.3 Å². The van der Waals surface area contributed by atoms with Crippen LogP contribution in [0.2, 0.25) is 0 Å². The molecule has 1 N–H and O–H groups in total. The van der Waals surface area contributed by atoms with Crippen LogP contribution in [0.3, 0.4) is 0 Å². The quantitative estimate of drug-likeness (QED) is 0.635. The van der Waals surface area contributed by atoms with E-state index in [0.29, 0.717) is 10.2 Å². The van der Waals surface area contributed by atoms with Gasteiger partial charge in [-0.1, -0.05) is 18.6 Å². The number of hydrogen-bond acceptors (Lipinski definition) is 5. The second kappa shape index (κ2) is 8.28. The summed E-state index contributed by atoms with van der Waals surface area (Å²) >= 11 is 1.55. The fourth-order valence-electron chi connectivity index (χ4n) is 3.58. The molecular formula is C20H19F2N3O3S. The molecule has 0 aliphatic heterocycles. The van der Waals surface area contributed by atoms with Gasteiger partial charge >= 0.3 is 6.61 Å². The zero-order valence-corrected chi connectivity index (χ0v) is 16.3. The molecule has 4 rings (SSSR count). The van der Waals surface area contributed by atoms with Gasteiger partial charge in [0.25, 0.3) is 5.56 Å².